The van der Waals surface area contributed by atoms with Gasteiger partial charge in [-0.2, -0.15) is 5.10 Å². The number of carbonyl (C=O) groups excluding carboxylic acids is 1. The van der Waals surface area contributed by atoms with Crippen molar-refractivity contribution in [3.8, 4) is 5.75 Å². The number of para-hydroxylation sites is 1. The zero-order chi connectivity index (χ0) is 18.0. The molecule has 1 aromatic heterocycles. The fourth-order valence-corrected chi connectivity index (χ4v) is 3.49. The molecule has 1 aliphatic heterocycles. The number of aromatic nitrogens is 2. The van der Waals surface area contributed by atoms with E-state index in [1.54, 1.807) is 12.3 Å². The zero-order valence-electron chi connectivity index (χ0n) is 14.9. The fourth-order valence-electron chi connectivity index (χ4n) is 3.25. The fraction of sp³-hybridized carbons (Fsp3) is 0.474. The lowest BCUT2D eigenvalue weighted by Gasteiger charge is -2.27. The SMILES string of the molecule is CCc1c(C(=O)N[C@@H]2CCOc3c(Cl)cccc32)cnn1CC(C)C. The highest BCUT2D eigenvalue weighted by Crippen LogP contribution is 2.37. The van der Waals surface area contributed by atoms with E-state index in [4.69, 9.17) is 16.3 Å². The van der Waals surface area contributed by atoms with Crippen molar-refractivity contribution in [1.29, 1.82) is 0 Å². The molecule has 1 N–H and O–H groups in total. The van der Waals surface area contributed by atoms with E-state index in [1.807, 2.05) is 23.7 Å². The van der Waals surface area contributed by atoms with Crippen molar-refractivity contribution >= 4 is 17.5 Å². The van der Waals surface area contributed by atoms with Crippen LogP contribution in [0.1, 0.15) is 54.8 Å². The summed E-state index contributed by atoms with van der Waals surface area (Å²) in [5, 5.41) is 8.12. The van der Waals surface area contributed by atoms with Gasteiger partial charge >= 0.3 is 0 Å². The molecule has 0 unspecified atom stereocenters. The van der Waals surface area contributed by atoms with Crippen molar-refractivity contribution in [3.05, 3.63) is 46.2 Å². The highest BCUT2D eigenvalue weighted by molar-refractivity contribution is 6.32. The summed E-state index contributed by atoms with van der Waals surface area (Å²) in [6, 6.07) is 5.53. The van der Waals surface area contributed by atoms with Crippen molar-refractivity contribution in [2.75, 3.05) is 6.61 Å². The molecule has 3 rings (SSSR count). The molecule has 1 amide bonds. The number of nitrogens with zero attached hydrogens (tertiary/aromatic N) is 2. The number of amides is 1. The Morgan fingerprint density at radius 2 is 2.28 bits per heavy atom. The molecule has 0 radical (unpaired) electrons. The van der Waals surface area contributed by atoms with Gasteiger partial charge in [-0.1, -0.05) is 44.5 Å². The predicted molar refractivity (Wildman–Crippen MR) is 98.2 cm³/mol. The summed E-state index contributed by atoms with van der Waals surface area (Å²) in [7, 11) is 0. The van der Waals surface area contributed by atoms with Gasteiger partial charge < -0.3 is 10.1 Å². The molecule has 2 heterocycles. The third-order valence-electron chi connectivity index (χ3n) is 4.40. The van der Waals surface area contributed by atoms with Crippen LogP contribution in [-0.2, 0) is 13.0 Å². The van der Waals surface area contributed by atoms with Gasteiger partial charge in [0, 0.05) is 18.5 Å². The molecule has 6 heteroatoms. The molecule has 2 aromatic rings. The highest BCUT2D eigenvalue weighted by atomic mass is 35.5. The summed E-state index contributed by atoms with van der Waals surface area (Å²) < 4.78 is 7.60. The van der Waals surface area contributed by atoms with Crippen molar-refractivity contribution in [2.45, 2.75) is 46.2 Å². The van der Waals surface area contributed by atoms with E-state index in [9.17, 15) is 4.79 Å². The van der Waals surface area contributed by atoms with Gasteiger partial charge in [0.25, 0.3) is 5.91 Å². The van der Waals surface area contributed by atoms with Crippen molar-refractivity contribution in [2.24, 2.45) is 5.92 Å². The zero-order valence-corrected chi connectivity index (χ0v) is 15.6. The number of fused-ring (bicyclic) bond motifs is 1. The normalized spacial score (nSPS) is 16.4. The molecule has 0 saturated heterocycles. The van der Waals surface area contributed by atoms with Crippen LogP contribution in [0.3, 0.4) is 0 Å². The molecule has 0 bridgehead atoms. The van der Waals surface area contributed by atoms with Gasteiger partial charge in [0.05, 0.1) is 35.1 Å². The summed E-state index contributed by atoms with van der Waals surface area (Å²) in [6.07, 6.45) is 3.17. The first-order chi connectivity index (χ1) is 12.0. The topological polar surface area (TPSA) is 56.1 Å². The lowest BCUT2D eigenvalue weighted by molar-refractivity contribution is 0.0923. The second-order valence-electron chi connectivity index (χ2n) is 6.76. The molecule has 0 saturated carbocycles. The van der Waals surface area contributed by atoms with Crippen molar-refractivity contribution < 1.29 is 9.53 Å². The summed E-state index contributed by atoms with van der Waals surface area (Å²) in [4.78, 5) is 12.8. The summed E-state index contributed by atoms with van der Waals surface area (Å²) in [5.41, 5.74) is 2.56. The number of ether oxygens (including phenoxy) is 1. The third-order valence-corrected chi connectivity index (χ3v) is 4.70. The minimum Gasteiger partial charge on any atom is -0.492 e. The molecular formula is C19H24ClN3O2. The van der Waals surface area contributed by atoms with Crippen LogP contribution in [0.15, 0.2) is 24.4 Å². The number of halogens is 1. The molecule has 0 aliphatic carbocycles. The van der Waals surface area contributed by atoms with Gasteiger partial charge in [-0.25, -0.2) is 0 Å². The van der Waals surface area contributed by atoms with Crippen molar-refractivity contribution in [3.63, 3.8) is 0 Å². The average Bonchev–Trinajstić information content (AvgIpc) is 2.97. The minimum absolute atomic E-state index is 0.0929. The number of hydrogen-bond acceptors (Lipinski definition) is 3. The Morgan fingerprint density at radius 1 is 1.48 bits per heavy atom. The molecule has 25 heavy (non-hydrogen) atoms. The van der Waals surface area contributed by atoms with Gasteiger partial charge in [0.15, 0.2) is 0 Å². The van der Waals surface area contributed by atoms with Crippen LogP contribution >= 0.6 is 11.6 Å². The van der Waals surface area contributed by atoms with Gasteiger partial charge in [0.1, 0.15) is 5.75 Å². The third kappa shape index (κ3) is 3.66. The lowest BCUT2D eigenvalue weighted by atomic mass is 10.00. The second-order valence-corrected chi connectivity index (χ2v) is 7.16. The highest BCUT2D eigenvalue weighted by Gasteiger charge is 2.26. The van der Waals surface area contributed by atoms with E-state index in [2.05, 4.69) is 24.3 Å². The number of benzene rings is 1. The molecule has 0 spiro atoms. The molecule has 1 aliphatic rings. The Kier molecular flexibility index (Phi) is 5.33. The van der Waals surface area contributed by atoms with Crippen LogP contribution in [0.4, 0.5) is 0 Å². The summed E-state index contributed by atoms with van der Waals surface area (Å²) in [6.45, 7) is 7.68. The van der Waals surface area contributed by atoms with Crippen molar-refractivity contribution in [1.82, 2.24) is 15.1 Å². The quantitative estimate of drug-likeness (QED) is 0.875. The number of hydrogen-bond donors (Lipinski definition) is 1. The van der Waals surface area contributed by atoms with E-state index >= 15 is 0 Å². The Labute approximate surface area is 153 Å². The maximum absolute atomic E-state index is 12.8. The maximum atomic E-state index is 12.8. The molecule has 134 valence electrons. The average molecular weight is 362 g/mol. The number of rotatable bonds is 5. The maximum Gasteiger partial charge on any atom is 0.255 e. The first-order valence-corrected chi connectivity index (χ1v) is 9.15. The van der Waals surface area contributed by atoms with Crippen LogP contribution < -0.4 is 10.1 Å². The van der Waals surface area contributed by atoms with Crippen LogP contribution in [0.25, 0.3) is 0 Å². The Bertz CT molecular complexity index is 770. The Balaban J connectivity index is 1.82. The second kappa shape index (κ2) is 7.48. The Morgan fingerprint density at radius 3 is 3.00 bits per heavy atom. The minimum atomic E-state index is -0.104. The summed E-state index contributed by atoms with van der Waals surface area (Å²) in [5.74, 6) is 1.06. The van der Waals surface area contributed by atoms with Gasteiger partial charge in [0.2, 0.25) is 0 Å². The van der Waals surface area contributed by atoms with Gasteiger partial charge in [-0.15, -0.1) is 0 Å². The van der Waals surface area contributed by atoms with Crippen LogP contribution in [0.5, 0.6) is 5.75 Å². The van der Waals surface area contributed by atoms with Gasteiger partial charge in [-0.05, 0) is 18.4 Å². The van der Waals surface area contributed by atoms with E-state index in [1.165, 1.54) is 0 Å². The van der Waals surface area contributed by atoms with E-state index in [-0.39, 0.29) is 11.9 Å². The first-order valence-electron chi connectivity index (χ1n) is 8.78. The number of nitrogens with one attached hydrogen (secondary N) is 1. The number of carbonyl (C=O) groups is 1. The van der Waals surface area contributed by atoms with E-state index in [0.29, 0.717) is 28.9 Å². The molecule has 5 nitrogen and oxygen atoms in total. The van der Waals surface area contributed by atoms with Gasteiger partial charge in [-0.3, -0.25) is 9.48 Å². The molecule has 1 atom stereocenters. The van der Waals surface area contributed by atoms with E-state index in [0.717, 1.165) is 30.6 Å². The van der Waals surface area contributed by atoms with Crippen LogP contribution in [-0.4, -0.2) is 22.3 Å². The largest absolute Gasteiger partial charge is 0.492 e. The molecule has 1 aromatic carbocycles. The smallest absolute Gasteiger partial charge is 0.255 e. The first kappa shape index (κ1) is 17.8. The van der Waals surface area contributed by atoms with Crippen LogP contribution in [0, 0.1) is 5.92 Å². The Hall–Kier alpha value is -2.01. The molecular weight excluding hydrogens is 338 g/mol. The lowest BCUT2D eigenvalue weighted by Crippen LogP contribution is -2.32. The monoisotopic (exact) mass is 361 g/mol. The van der Waals surface area contributed by atoms with E-state index < -0.39 is 0 Å². The predicted octanol–water partition coefficient (Wildman–Crippen LogP) is 4.01. The summed E-state index contributed by atoms with van der Waals surface area (Å²) >= 11 is 6.21. The molecule has 0 fully saturated rings. The van der Waals surface area contributed by atoms with Crippen LogP contribution in [0.2, 0.25) is 5.02 Å². The standard InChI is InChI=1S/C19H24ClN3O2/c1-4-17-14(10-21-23(17)11-12(2)3)19(24)22-16-8-9-25-18-13(16)6-5-7-15(18)20/h5-7,10,12,16H,4,8-9,11H2,1-3H3,(H,22,24)/t16-/m1/s1.